The third-order valence-electron chi connectivity index (χ3n) is 1.36. The molecule has 0 atom stereocenters. The van der Waals surface area contributed by atoms with Crippen LogP contribution in [0.4, 0.5) is 0 Å². The Morgan fingerprint density at radius 3 is 2.77 bits per heavy atom. The van der Waals surface area contributed by atoms with Gasteiger partial charge in [-0.1, -0.05) is 17.7 Å². The zero-order valence-electron chi connectivity index (χ0n) is 6.50. The minimum absolute atomic E-state index is 0.674. The smallest absolute Gasteiger partial charge is 0.328 e. The Labute approximate surface area is 94.4 Å². The fourth-order valence-electron chi connectivity index (χ4n) is 0.784. The summed E-state index contributed by atoms with van der Waals surface area (Å²) < 4.78 is 0.909. The minimum Gasteiger partial charge on any atom is -0.478 e. The Morgan fingerprint density at radius 2 is 2.23 bits per heavy atom. The van der Waals surface area contributed by atoms with Crippen LogP contribution in [-0.2, 0) is 4.79 Å². The molecule has 0 aliphatic heterocycles. The highest BCUT2D eigenvalue weighted by Gasteiger charge is 1.96. The number of aliphatic carboxylic acids is 1. The van der Waals surface area contributed by atoms with Gasteiger partial charge in [0, 0.05) is 9.65 Å². The van der Waals surface area contributed by atoms with Gasteiger partial charge in [0.05, 0.1) is 5.02 Å². The number of rotatable bonds is 2. The number of benzene rings is 1. The molecule has 0 spiro atoms. The monoisotopic (exact) mass is 308 g/mol. The van der Waals surface area contributed by atoms with Gasteiger partial charge in [0.1, 0.15) is 0 Å². The third-order valence-corrected chi connectivity index (χ3v) is 2.90. The SMILES string of the molecule is O=C(O)/C=C/c1ccc(Cl)c(I)c1. The van der Waals surface area contributed by atoms with Gasteiger partial charge in [0.2, 0.25) is 0 Å². The first-order chi connectivity index (χ1) is 6.09. The molecule has 0 saturated heterocycles. The zero-order valence-corrected chi connectivity index (χ0v) is 9.41. The summed E-state index contributed by atoms with van der Waals surface area (Å²) in [5.41, 5.74) is 0.830. The van der Waals surface area contributed by atoms with Gasteiger partial charge in [-0.05, 0) is 46.4 Å². The van der Waals surface area contributed by atoms with Gasteiger partial charge in [-0.15, -0.1) is 0 Å². The fourth-order valence-corrected chi connectivity index (χ4v) is 1.44. The van der Waals surface area contributed by atoms with E-state index in [9.17, 15) is 4.79 Å². The summed E-state index contributed by atoms with van der Waals surface area (Å²) in [4.78, 5) is 10.2. The summed E-state index contributed by atoms with van der Waals surface area (Å²) in [5, 5.41) is 9.06. The minimum atomic E-state index is -0.954. The van der Waals surface area contributed by atoms with Gasteiger partial charge >= 0.3 is 5.97 Å². The van der Waals surface area contributed by atoms with Crippen LogP contribution >= 0.6 is 34.2 Å². The van der Waals surface area contributed by atoms with E-state index in [-0.39, 0.29) is 0 Å². The van der Waals surface area contributed by atoms with E-state index in [0.717, 1.165) is 15.2 Å². The van der Waals surface area contributed by atoms with Crippen molar-refractivity contribution < 1.29 is 9.90 Å². The number of hydrogen-bond acceptors (Lipinski definition) is 1. The lowest BCUT2D eigenvalue weighted by Crippen LogP contribution is -1.86. The highest BCUT2D eigenvalue weighted by atomic mass is 127. The average Bonchev–Trinajstić information content (AvgIpc) is 2.07. The van der Waals surface area contributed by atoms with Gasteiger partial charge in [-0.2, -0.15) is 0 Å². The molecule has 13 heavy (non-hydrogen) atoms. The Hall–Kier alpha value is -0.550. The molecule has 0 aliphatic carbocycles. The summed E-state index contributed by atoms with van der Waals surface area (Å²) in [7, 11) is 0. The molecule has 0 bridgehead atoms. The molecule has 0 amide bonds. The van der Waals surface area contributed by atoms with E-state index >= 15 is 0 Å². The van der Waals surface area contributed by atoms with E-state index in [2.05, 4.69) is 22.6 Å². The second-order valence-corrected chi connectivity index (χ2v) is 3.91. The Morgan fingerprint density at radius 1 is 1.54 bits per heavy atom. The molecular formula is C9H6ClIO2. The molecule has 0 saturated carbocycles. The van der Waals surface area contributed by atoms with Crippen molar-refractivity contribution in [2.75, 3.05) is 0 Å². The summed E-state index contributed by atoms with van der Waals surface area (Å²) in [5.74, 6) is -0.954. The number of carboxylic acids is 1. The maximum atomic E-state index is 10.2. The molecule has 4 heteroatoms. The second-order valence-electron chi connectivity index (χ2n) is 2.35. The Balaban J connectivity index is 2.92. The highest BCUT2D eigenvalue weighted by molar-refractivity contribution is 14.1. The summed E-state index contributed by atoms with van der Waals surface area (Å²) in [6.45, 7) is 0. The van der Waals surface area contributed by atoms with Crippen LogP contribution in [0.25, 0.3) is 6.08 Å². The van der Waals surface area contributed by atoms with Crippen molar-refractivity contribution in [2.24, 2.45) is 0 Å². The molecule has 1 rings (SSSR count). The van der Waals surface area contributed by atoms with E-state index < -0.39 is 5.97 Å². The Bertz CT molecular complexity index is 361. The van der Waals surface area contributed by atoms with E-state index in [1.807, 2.05) is 6.07 Å². The number of halogens is 2. The largest absolute Gasteiger partial charge is 0.478 e. The van der Waals surface area contributed by atoms with Crippen molar-refractivity contribution >= 4 is 46.2 Å². The zero-order chi connectivity index (χ0) is 9.84. The first-order valence-electron chi connectivity index (χ1n) is 3.45. The van der Waals surface area contributed by atoms with Crippen molar-refractivity contribution in [3.63, 3.8) is 0 Å². The average molecular weight is 309 g/mol. The van der Waals surface area contributed by atoms with E-state index in [1.54, 1.807) is 12.1 Å². The predicted molar refractivity (Wildman–Crippen MR) is 60.8 cm³/mol. The van der Waals surface area contributed by atoms with Crippen molar-refractivity contribution in [1.82, 2.24) is 0 Å². The highest BCUT2D eigenvalue weighted by Crippen LogP contribution is 2.19. The quantitative estimate of drug-likeness (QED) is 0.673. The fraction of sp³-hybridized carbons (Fsp3) is 0. The van der Waals surface area contributed by atoms with Crippen LogP contribution in [0.5, 0.6) is 0 Å². The maximum absolute atomic E-state index is 10.2. The number of carboxylic acid groups (broad SMARTS) is 1. The van der Waals surface area contributed by atoms with E-state index in [1.165, 1.54) is 6.08 Å². The topological polar surface area (TPSA) is 37.3 Å². The van der Waals surface area contributed by atoms with Crippen LogP contribution in [0.3, 0.4) is 0 Å². The summed E-state index contributed by atoms with van der Waals surface area (Å²) in [6, 6.07) is 5.33. The van der Waals surface area contributed by atoms with Gasteiger partial charge < -0.3 is 5.11 Å². The van der Waals surface area contributed by atoms with Gasteiger partial charge in [-0.3, -0.25) is 0 Å². The van der Waals surface area contributed by atoms with Crippen LogP contribution in [0, 0.1) is 3.57 Å². The third kappa shape index (κ3) is 3.36. The molecule has 0 fully saturated rings. The summed E-state index contributed by atoms with van der Waals surface area (Å²) in [6.07, 6.45) is 2.63. The van der Waals surface area contributed by atoms with Gasteiger partial charge in [0.25, 0.3) is 0 Å². The lowest BCUT2D eigenvalue weighted by molar-refractivity contribution is -0.131. The van der Waals surface area contributed by atoms with Crippen LogP contribution < -0.4 is 0 Å². The lowest BCUT2D eigenvalue weighted by atomic mass is 10.2. The Kier molecular flexibility index (Phi) is 3.74. The first-order valence-corrected chi connectivity index (χ1v) is 4.91. The van der Waals surface area contributed by atoms with Crippen LogP contribution in [-0.4, -0.2) is 11.1 Å². The standard InChI is InChI=1S/C9H6ClIO2/c10-7-3-1-6(5-8(7)11)2-4-9(12)13/h1-5H,(H,12,13)/b4-2+. The molecule has 0 aromatic heterocycles. The first kappa shape index (κ1) is 10.5. The normalized spacial score (nSPS) is 10.6. The molecule has 0 heterocycles. The predicted octanol–water partition coefficient (Wildman–Crippen LogP) is 3.04. The molecule has 1 aromatic carbocycles. The molecule has 0 radical (unpaired) electrons. The molecule has 1 aromatic rings. The van der Waals surface area contributed by atoms with E-state index in [0.29, 0.717) is 5.02 Å². The lowest BCUT2D eigenvalue weighted by Gasteiger charge is -1.96. The van der Waals surface area contributed by atoms with Gasteiger partial charge in [-0.25, -0.2) is 4.79 Å². The van der Waals surface area contributed by atoms with Crippen molar-refractivity contribution in [3.05, 3.63) is 38.4 Å². The number of carbonyl (C=O) groups is 1. The molecule has 0 aliphatic rings. The van der Waals surface area contributed by atoms with Crippen molar-refractivity contribution in [3.8, 4) is 0 Å². The summed E-state index contributed by atoms with van der Waals surface area (Å²) >= 11 is 7.89. The molecular weight excluding hydrogens is 302 g/mol. The van der Waals surface area contributed by atoms with Crippen molar-refractivity contribution in [1.29, 1.82) is 0 Å². The molecule has 1 N–H and O–H groups in total. The van der Waals surface area contributed by atoms with Gasteiger partial charge in [0.15, 0.2) is 0 Å². The van der Waals surface area contributed by atoms with Crippen LogP contribution in [0.15, 0.2) is 24.3 Å². The molecule has 0 unspecified atom stereocenters. The van der Waals surface area contributed by atoms with E-state index in [4.69, 9.17) is 16.7 Å². The number of hydrogen-bond donors (Lipinski definition) is 1. The van der Waals surface area contributed by atoms with Crippen LogP contribution in [0.1, 0.15) is 5.56 Å². The molecule has 68 valence electrons. The maximum Gasteiger partial charge on any atom is 0.328 e. The van der Waals surface area contributed by atoms with Crippen molar-refractivity contribution in [2.45, 2.75) is 0 Å². The molecule has 2 nitrogen and oxygen atoms in total. The van der Waals surface area contributed by atoms with Crippen LogP contribution in [0.2, 0.25) is 5.02 Å². The second kappa shape index (κ2) is 4.62.